The van der Waals surface area contributed by atoms with E-state index in [0.717, 1.165) is 24.4 Å². The molecule has 5 heteroatoms. The normalized spacial score (nSPS) is 23.2. The average molecular weight is 244 g/mol. The standard InChI is InChI=1S/C13H16N4O/c1-10-13(6-9-18-10)16-11-2-4-12(5-3-11)17-14-7-8-15-17/h2-5,7-8,10,13,16H,6,9H2,1H3/t10-,13+/m0/s1. The fourth-order valence-electron chi connectivity index (χ4n) is 2.18. The van der Waals surface area contributed by atoms with E-state index < -0.39 is 0 Å². The Hall–Kier alpha value is -1.88. The molecule has 1 aromatic heterocycles. The quantitative estimate of drug-likeness (QED) is 0.895. The molecule has 18 heavy (non-hydrogen) atoms. The van der Waals surface area contributed by atoms with Gasteiger partial charge in [-0.3, -0.25) is 0 Å². The SMILES string of the molecule is C[C@@H]1OCC[C@H]1Nc1ccc(-n2nccn2)cc1. The summed E-state index contributed by atoms with van der Waals surface area (Å²) in [4.78, 5) is 1.60. The first-order chi connectivity index (χ1) is 8.83. The van der Waals surface area contributed by atoms with Gasteiger partial charge in [0, 0.05) is 12.3 Å². The Balaban J connectivity index is 1.71. The van der Waals surface area contributed by atoms with E-state index >= 15 is 0 Å². The number of hydrogen-bond acceptors (Lipinski definition) is 4. The van der Waals surface area contributed by atoms with Gasteiger partial charge in [0.15, 0.2) is 0 Å². The molecule has 1 aliphatic rings. The van der Waals surface area contributed by atoms with Gasteiger partial charge in [0.2, 0.25) is 0 Å². The molecule has 0 bridgehead atoms. The van der Waals surface area contributed by atoms with Crippen LogP contribution in [-0.4, -0.2) is 33.7 Å². The molecular weight excluding hydrogens is 228 g/mol. The maximum absolute atomic E-state index is 5.53. The van der Waals surface area contributed by atoms with Gasteiger partial charge in [0.25, 0.3) is 0 Å². The number of nitrogens with zero attached hydrogens (tertiary/aromatic N) is 3. The van der Waals surface area contributed by atoms with Crippen molar-refractivity contribution in [2.24, 2.45) is 0 Å². The number of hydrogen-bond donors (Lipinski definition) is 1. The van der Waals surface area contributed by atoms with E-state index in [4.69, 9.17) is 4.74 Å². The predicted octanol–water partition coefficient (Wildman–Crippen LogP) is 1.86. The lowest BCUT2D eigenvalue weighted by Gasteiger charge is -2.17. The van der Waals surface area contributed by atoms with E-state index in [1.54, 1.807) is 17.2 Å². The van der Waals surface area contributed by atoms with Crippen molar-refractivity contribution in [3.8, 4) is 5.69 Å². The minimum absolute atomic E-state index is 0.275. The van der Waals surface area contributed by atoms with Gasteiger partial charge in [0.1, 0.15) is 0 Å². The first-order valence-electron chi connectivity index (χ1n) is 6.18. The topological polar surface area (TPSA) is 52.0 Å². The van der Waals surface area contributed by atoms with E-state index in [0.29, 0.717) is 6.04 Å². The molecular formula is C13H16N4O. The number of benzene rings is 1. The van der Waals surface area contributed by atoms with Crippen LogP contribution in [0.4, 0.5) is 5.69 Å². The summed E-state index contributed by atoms with van der Waals surface area (Å²) in [6.07, 6.45) is 4.68. The van der Waals surface area contributed by atoms with Crippen LogP contribution >= 0.6 is 0 Å². The van der Waals surface area contributed by atoms with Gasteiger partial charge in [0.05, 0.1) is 30.2 Å². The fourth-order valence-corrected chi connectivity index (χ4v) is 2.18. The van der Waals surface area contributed by atoms with Crippen LogP contribution in [0.2, 0.25) is 0 Å². The maximum Gasteiger partial charge on any atom is 0.0858 e. The van der Waals surface area contributed by atoms with Crippen molar-refractivity contribution < 1.29 is 4.74 Å². The summed E-state index contributed by atoms with van der Waals surface area (Å²) in [5.74, 6) is 0. The smallest absolute Gasteiger partial charge is 0.0858 e. The van der Waals surface area contributed by atoms with E-state index in [1.165, 1.54) is 0 Å². The molecule has 2 heterocycles. The molecule has 0 spiro atoms. The Bertz CT molecular complexity index is 494. The van der Waals surface area contributed by atoms with Crippen molar-refractivity contribution in [2.45, 2.75) is 25.5 Å². The second-order valence-corrected chi connectivity index (χ2v) is 4.48. The summed E-state index contributed by atoms with van der Waals surface area (Å²) in [6, 6.07) is 8.50. The highest BCUT2D eigenvalue weighted by Crippen LogP contribution is 2.19. The van der Waals surface area contributed by atoms with Gasteiger partial charge >= 0.3 is 0 Å². The Labute approximate surface area is 106 Å². The predicted molar refractivity (Wildman–Crippen MR) is 68.8 cm³/mol. The molecule has 5 nitrogen and oxygen atoms in total. The highest BCUT2D eigenvalue weighted by Gasteiger charge is 2.23. The summed E-state index contributed by atoms with van der Waals surface area (Å²) in [5.41, 5.74) is 2.06. The van der Waals surface area contributed by atoms with Crippen molar-refractivity contribution in [3.63, 3.8) is 0 Å². The first-order valence-corrected chi connectivity index (χ1v) is 6.18. The summed E-state index contributed by atoms with van der Waals surface area (Å²) in [5, 5.41) is 11.7. The van der Waals surface area contributed by atoms with Crippen LogP contribution in [-0.2, 0) is 4.74 Å². The van der Waals surface area contributed by atoms with Gasteiger partial charge in [-0.15, -0.1) is 0 Å². The van der Waals surface area contributed by atoms with Gasteiger partial charge in [-0.1, -0.05) is 0 Å². The molecule has 0 amide bonds. The van der Waals surface area contributed by atoms with Crippen LogP contribution < -0.4 is 5.32 Å². The molecule has 1 aliphatic heterocycles. The van der Waals surface area contributed by atoms with Crippen LogP contribution in [0.25, 0.3) is 5.69 Å². The Morgan fingerprint density at radius 1 is 1.22 bits per heavy atom. The third-order valence-electron chi connectivity index (χ3n) is 3.25. The van der Waals surface area contributed by atoms with Crippen molar-refractivity contribution in [1.29, 1.82) is 0 Å². The lowest BCUT2D eigenvalue weighted by atomic mass is 10.1. The first kappa shape index (κ1) is 11.2. The number of nitrogens with one attached hydrogen (secondary N) is 1. The average Bonchev–Trinajstić information content (AvgIpc) is 3.03. The zero-order valence-electron chi connectivity index (χ0n) is 10.3. The number of aromatic nitrogens is 3. The van der Waals surface area contributed by atoms with E-state index in [9.17, 15) is 0 Å². The second-order valence-electron chi connectivity index (χ2n) is 4.48. The van der Waals surface area contributed by atoms with E-state index in [2.05, 4.69) is 22.4 Å². The lowest BCUT2D eigenvalue weighted by Crippen LogP contribution is -2.26. The van der Waals surface area contributed by atoms with Crippen LogP contribution in [0.5, 0.6) is 0 Å². The molecule has 94 valence electrons. The lowest BCUT2D eigenvalue weighted by molar-refractivity contribution is 0.121. The third-order valence-corrected chi connectivity index (χ3v) is 3.25. The molecule has 2 aromatic rings. The van der Waals surface area contributed by atoms with E-state index in [1.807, 2.05) is 24.3 Å². The summed E-state index contributed by atoms with van der Waals surface area (Å²) < 4.78 is 5.53. The van der Waals surface area contributed by atoms with Gasteiger partial charge in [-0.2, -0.15) is 15.0 Å². The van der Waals surface area contributed by atoms with Crippen molar-refractivity contribution in [2.75, 3.05) is 11.9 Å². The van der Waals surface area contributed by atoms with Gasteiger partial charge in [-0.25, -0.2) is 0 Å². The second kappa shape index (κ2) is 4.78. The monoisotopic (exact) mass is 244 g/mol. The summed E-state index contributed by atoms with van der Waals surface area (Å²) in [6.45, 7) is 2.95. The molecule has 0 radical (unpaired) electrons. The number of ether oxygens (including phenoxy) is 1. The molecule has 1 saturated heterocycles. The molecule has 1 aromatic carbocycles. The van der Waals surface area contributed by atoms with Gasteiger partial charge < -0.3 is 10.1 Å². The van der Waals surface area contributed by atoms with E-state index in [-0.39, 0.29) is 6.10 Å². The molecule has 0 aliphatic carbocycles. The highest BCUT2D eigenvalue weighted by molar-refractivity contribution is 5.49. The van der Waals surface area contributed by atoms with Crippen LogP contribution in [0.15, 0.2) is 36.7 Å². The zero-order chi connectivity index (χ0) is 12.4. The number of anilines is 1. The van der Waals surface area contributed by atoms with Crippen LogP contribution in [0.3, 0.4) is 0 Å². The summed E-state index contributed by atoms with van der Waals surface area (Å²) in [7, 11) is 0. The molecule has 0 saturated carbocycles. The Morgan fingerprint density at radius 3 is 2.56 bits per heavy atom. The minimum Gasteiger partial charge on any atom is -0.380 e. The molecule has 1 N–H and O–H groups in total. The Kier molecular flexibility index (Phi) is 2.98. The van der Waals surface area contributed by atoms with Crippen LogP contribution in [0, 0.1) is 0 Å². The number of rotatable bonds is 3. The highest BCUT2D eigenvalue weighted by atomic mass is 16.5. The Morgan fingerprint density at radius 2 is 1.94 bits per heavy atom. The van der Waals surface area contributed by atoms with Gasteiger partial charge in [-0.05, 0) is 37.6 Å². The third kappa shape index (κ3) is 2.22. The largest absolute Gasteiger partial charge is 0.380 e. The van der Waals surface area contributed by atoms with Crippen LogP contribution in [0.1, 0.15) is 13.3 Å². The van der Waals surface area contributed by atoms with Crippen molar-refractivity contribution >= 4 is 5.69 Å². The molecule has 0 unspecified atom stereocenters. The van der Waals surface area contributed by atoms with Crippen molar-refractivity contribution in [3.05, 3.63) is 36.7 Å². The fraction of sp³-hybridized carbons (Fsp3) is 0.385. The van der Waals surface area contributed by atoms with Crippen molar-refractivity contribution in [1.82, 2.24) is 15.0 Å². The maximum atomic E-state index is 5.53. The molecule has 2 atom stereocenters. The minimum atomic E-state index is 0.275. The summed E-state index contributed by atoms with van der Waals surface area (Å²) >= 11 is 0. The zero-order valence-corrected chi connectivity index (χ0v) is 10.3. The molecule has 3 rings (SSSR count). The molecule has 1 fully saturated rings.